The molecule has 1 N–H and O–H groups in total. The van der Waals surface area contributed by atoms with Gasteiger partial charge in [0.15, 0.2) is 0 Å². The number of carbonyl (C=O) groups is 1. The maximum Gasteiger partial charge on any atom is 0.271 e. The number of amides is 1. The number of carbonyl (C=O) groups excluding carboxylic acids is 1. The standard InChI is InChI=1S/C20H20N4O/c1-23(2)19-14-13-16(15-21-19)20(25)22-24(17-9-5-3-6-10-17)18-11-7-4-8-12-18/h3-15H,1-2H3,(H,22,25). The third-order valence-corrected chi connectivity index (χ3v) is 3.71. The van der Waals surface area contributed by atoms with Crippen LogP contribution in [-0.4, -0.2) is 25.0 Å². The highest BCUT2D eigenvalue weighted by atomic mass is 16.2. The predicted octanol–water partition coefficient (Wildman–Crippen LogP) is 3.63. The smallest absolute Gasteiger partial charge is 0.271 e. The topological polar surface area (TPSA) is 48.5 Å². The second-order valence-corrected chi connectivity index (χ2v) is 5.75. The Balaban J connectivity index is 1.86. The van der Waals surface area contributed by atoms with Crippen LogP contribution in [-0.2, 0) is 0 Å². The number of benzene rings is 2. The molecule has 0 unspecified atom stereocenters. The van der Waals surface area contributed by atoms with Crippen molar-refractivity contribution < 1.29 is 4.79 Å². The SMILES string of the molecule is CN(C)c1ccc(C(=O)NN(c2ccccc2)c2ccccc2)cn1. The number of aromatic nitrogens is 1. The molecule has 25 heavy (non-hydrogen) atoms. The second kappa shape index (κ2) is 7.49. The summed E-state index contributed by atoms with van der Waals surface area (Å²) >= 11 is 0. The Morgan fingerprint density at radius 3 is 1.84 bits per heavy atom. The molecule has 0 aliphatic heterocycles. The number of nitrogens with zero attached hydrogens (tertiary/aromatic N) is 3. The lowest BCUT2D eigenvalue weighted by Crippen LogP contribution is -2.39. The summed E-state index contributed by atoms with van der Waals surface area (Å²) in [6.45, 7) is 0. The number of pyridine rings is 1. The normalized spacial score (nSPS) is 10.2. The summed E-state index contributed by atoms with van der Waals surface area (Å²) in [6.07, 6.45) is 1.58. The highest BCUT2D eigenvalue weighted by Crippen LogP contribution is 2.22. The largest absolute Gasteiger partial charge is 0.363 e. The van der Waals surface area contributed by atoms with E-state index in [1.54, 1.807) is 17.3 Å². The molecule has 0 radical (unpaired) electrons. The minimum Gasteiger partial charge on any atom is -0.363 e. The Hall–Kier alpha value is -3.34. The fourth-order valence-electron chi connectivity index (χ4n) is 2.38. The molecule has 0 saturated heterocycles. The van der Waals surface area contributed by atoms with Crippen LogP contribution >= 0.6 is 0 Å². The zero-order chi connectivity index (χ0) is 17.6. The van der Waals surface area contributed by atoms with E-state index in [1.165, 1.54) is 0 Å². The molecule has 1 heterocycles. The average Bonchev–Trinajstić information content (AvgIpc) is 2.67. The Morgan fingerprint density at radius 2 is 1.40 bits per heavy atom. The van der Waals surface area contributed by atoms with E-state index >= 15 is 0 Å². The molecule has 1 aromatic heterocycles. The van der Waals surface area contributed by atoms with Crippen molar-refractivity contribution in [1.82, 2.24) is 10.4 Å². The first-order valence-electron chi connectivity index (χ1n) is 8.00. The zero-order valence-corrected chi connectivity index (χ0v) is 14.3. The molecule has 2 aromatic carbocycles. The third kappa shape index (κ3) is 3.95. The molecule has 126 valence electrons. The van der Waals surface area contributed by atoms with Crippen molar-refractivity contribution in [2.45, 2.75) is 0 Å². The van der Waals surface area contributed by atoms with Crippen molar-refractivity contribution in [3.05, 3.63) is 84.6 Å². The summed E-state index contributed by atoms with van der Waals surface area (Å²) in [5, 5.41) is 1.77. The van der Waals surface area contributed by atoms with Crippen LogP contribution in [0.15, 0.2) is 79.0 Å². The number of rotatable bonds is 5. The molecular weight excluding hydrogens is 312 g/mol. The van der Waals surface area contributed by atoms with Crippen LogP contribution in [0.1, 0.15) is 10.4 Å². The molecule has 5 nitrogen and oxygen atoms in total. The zero-order valence-electron chi connectivity index (χ0n) is 14.3. The van der Waals surface area contributed by atoms with Gasteiger partial charge in [-0.05, 0) is 36.4 Å². The van der Waals surface area contributed by atoms with Crippen molar-refractivity contribution >= 4 is 23.1 Å². The van der Waals surface area contributed by atoms with Gasteiger partial charge in [-0.15, -0.1) is 0 Å². The second-order valence-electron chi connectivity index (χ2n) is 5.75. The van der Waals surface area contributed by atoms with Gasteiger partial charge in [0.1, 0.15) is 5.82 Å². The highest BCUT2D eigenvalue weighted by molar-refractivity contribution is 5.95. The van der Waals surface area contributed by atoms with E-state index in [2.05, 4.69) is 10.4 Å². The van der Waals surface area contributed by atoms with Gasteiger partial charge in [0.05, 0.1) is 16.9 Å². The first-order chi connectivity index (χ1) is 12.1. The van der Waals surface area contributed by atoms with Gasteiger partial charge in [-0.25, -0.2) is 4.98 Å². The summed E-state index contributed by atoms with van der Waals surface area (Å²) < 4.78 is 0. The quantitative estimate of drug-likeness (QED) is 0.725. The predicted molar refractivity (Wildman–Crippen MR) is 101 cm³/mol. The maximum absolute atomic E-state index is 12.7. The molecule has 3 aromatic rings. The monoisotopic (exact) mass is 332 g/mol. The molecule has 0 bridgehead atoms. The third-order valence-electron chi connectivity index (χ3n) is 3.71. The lowest BCUT2D eigenvalue weighted by Gasteiger charge is -2.25. The van der Waals surface area contributed by atoms with Gasteiger partial charge >= 0.3 is 0 Å². The molecule has 0 fully saturated rings. The van der Waals surface area contributed by atoms with Gasteiger partial charge in [-0.3, -0.25) is 15.2 Å². The number of para-hydroxylation sites is 2. The number of nitrogens with one attached hydrogen (secondary N) is 1. The molecule has 5 heteroatoms. The summed E-state index contributed by atoms with van der Waals surface area (Å²) in [5.74, 6) is 0.588. The Labute approximate surface area is 147 Å². The van der Waals surface area contributed by atoms with Crippen LogP contribution < -0.4 is 15.3 Å². The fourth-order valence-corrected chi connectivity index (χ4v) is 2.38. The molecule has 3 rings (SSSR count). The van der Waals surface area contributed by atoms with Gasteiger partial charge in [-0.2, -0.15) is 0 Å². The molecule has 1 amide bonds. The van der Waals surface area contributed by atoms with Crippen molar-refractivity contribution in [1.29, 1.82) is 0 Å². The van der Waals surface area contributed by atoms with Crippen LogP contribution in [0.25, 0.3) is 0 Å². The number of hydrogen-bond donors (Lipinski definition) is 1. The molecule has 0 aliphatic rings. The van der Waals surface area contributed by atoms with Crippen LogP contribution in [0.4, 0.5) is 17.2 Å². The Morgan fingerprint density at radius 1 is 0.840 bits per heavy atom. The molecule has 0 saturated carbocycles. The molecule has 0 spiro atoms. The molecule has 0 aliphatic carbocycles. The Kier molecular flexibility index (Phi) is 4.95. The summed E-state index contributed by atoms with van der Waals surface area (Å²) in [4.78, 5) is 18.9. The Bertz CT molecular complexity index is 778. The number of hydrazine groups is 1. The fraction of sp³-hybridized carbons (Fsp3) is 0.100. The van der Waals surface area contributed by atoms with E-state index in [-0.39, 0.29) is 5.91 Å². The van der Waals surface area contributed by atoms with Gasteiger partial charge in [0.2, 0.25) is 0 Å². The molecular formula is C20H20N4O. The van der Waals surface area contributed by atoms with Crippen molar-refractivity contribution in [3.8, 4) is 0 Å². The van der Waals surface area contributed by atoms with Crippen molar-refractivity contribution in [2.24, 2.45) is 0 Å². The lowest BCUT2D eigenvalue weighted by molar-refractivity contribution is 0.0953. The van der Waals surface area contributed by atoms with E-state index < -0.39 is 0 Å². The van der Waals surface area contributed by atoms with E-state index in [0.29, 0.717) is 5.56 Å². The van der Waals surface area contributed by atoms with E-state index in [4.69, 9.17) is 0 Å². The van der Waals surface area contributed by atoms with Gasteiger partial charge in [0, 0.05) is 20.3 Å². The van der Waals surface area contributed by atoms with Crippen LogP contribution in [0.5, 0.6) is 0 Å². The average molecular weight is 332 g/mol. The maximum atomic E-state index is 12.7. The van der Waals surface area contributed by atoms with E-state index in [1.807, 2.05) is 85.7 Å². The lowest BCUT2D eigenvalue weighted by atomic mass is 10.2. The summed E-state index contributed by atoms with van der Waals surface area (Å²) in [5.41, 5.74) is 5.21. The van der Waals surface area contributed by atoms with Crippen LogP contribution in [0.3, 0.4) is 0 Å². The van der Waals surface area contributed by atoms with Gasteiger partial charge in [0.25, 0.3) is 5.91 Å². The van der Waals surface area contributed by atoms with Crippen molar-refractivity contribution in [3.63, 3.8) is 0 Å². The van der Waals surface area contributed by atoms with E-state index in [9.17, 15) is 4.79 Å². The van der Waals surface area contributed by atoms with Crippen molar-refractivity contribution in [2.75, 3.05) is 24.0 Å². The minimum absolute atomic E-state index is 0.217. The van der Waals surface area contributed by atoms with Gasteiger partial charge in [-0.1, -0.05) is 36.4 Å². The van der Waals surface area contributed by atoms with Crippen LogP contribution in [0, 0.1) is 0 Å². The summed E-state index contributed by atoms with van der Waals surface area (Å²) in [7, 11) is 3.82. The summed E-state index contributed by atoms with van der Waals surface area (Å²) in [6, 6.07) is 23.0. The first kappa shape index (κ1) is 16.5. The van der Waals surface area contributed by atoms with Crippen LogP contribution in [0.2, 0.25) is 0 Å². The number of anilines is 3. The molecule has 0 atom stereocenters. The van der Waals surface area contributed by atoms with E-state index in [0.717, 1.165) is 17.2 Å². The number of hydrogen-bond acceptors (Lipinski definition) is 4. The van der Waals surface area contributed by atoms with Gasteiger partial charge < -0.3 is 4.90 Å². The minimum atomic E-state index is -0.217. The highest BCUT2D eigenvalue weighted by Gasteiger charge is 2.14. The first-order valence-corrected chi connectivity index (χ1v) is 8.00.